The van der Waals surface area contributed by atoms with Crippen LogP contribution in [0.4, 0.5) is 11.9 Å². The molecular formula is C11H19N5O2. The van der Waals surface area contributed by atoms with Crippen molar-refractivity contribution in [1.29, 1.82) is 0 Å². The van der Waals surface area contributed by atoms with Crippen molar-refractivity contribution < 1.29 is 9.84 Å². The number of aliphatic hydroxyl groups excluding tert-OH is 1. The van der Waals surface area contributed by atoms with E-state index < -0.39 is 0 Å². The summed E-state index contributed by atoms with van der Waals surface area (Å²) in [5.41, 5.74) is 5.58. The molecule has 0 aliphatic heterocycles. The molecule has 1 heterocycles. The van der Waals surface area contributed by atoms with Crippen molar-refractivity contribution >= 4 is 11.9 Å². The molecule has 100 valence electrons. The monoisotopic (exact) mass is 253 g/mol. The summed E-state index contributed by atoms with van der Waals surface area (Å²) >= 11 is 0. The van der Waals surface area contributed by atoms with Crippen molar-refractivity contribution in [2.24, 2.45) is 5.92 Å². The summed E-state index contributed by atoms with van der Waals surface area (Å²) < 4.78 is 5.32. The average Bonchev–Trinajstić information content (AvgIpc) is 2.30. The molecule has 1 aliphatic carbocycles. The van der Waals surface area contributed by atoms with E-state index in [2.05, 4.69) is 20.3 Å². The van der Waals surface area contributed by atoms with Crippen LogP contribution >= 0.6 is 0 Å². The predicted octanol–water partition coefficient (Wildman–Crippen LogP) is 0.425. The number of hydrogen-bond donors (Lipinski definition) is 3. The zero-order valence-electron chi connectivity index (χ0n) is 10.5. The summed E-state index contributed by atoms with van der Waals surface area (Å²) in [6.45, 7) is 3.29. The maximum Gasteiger partial charge on any atom is 0.323 e. The highest BCUT2D eigenvalue weighted by Crippen LogP contribution is 2.27. The van der Waals surface area contributed by atoms with E-state index in [4.69, 9.17) is 10.5 Å². The summed E-state index contributed by atoms with van der Waals surface area (Å²) in [5.74, 6) is 1.04. The van der Waals surface area contributed by atoms with Gasteiger partial charge in [0.2, 0.25) is 11.9 Å². The average molecular weight is 253 g/mol. The van der Waals surface area contributed by atoms with Gasteiger partial charge < -0.3 is 20.9 Å². The zero-order chi connectivity index (χ0) is 13.0. The third kappa shape index (κ3) is 3.43. The van der Waals surface area contributed by atoms with Gasteiger partial charge in [-0.15, -0.1) is 0 Å². The Morgan fingerprint density at radius 2 is 2.17 bits per heavy atom. The van der Waals surface area contributed by atoms with E-state index in [-0.39, 0.29) is 18.1 Å². The van der Waals surface area contributed by atoms with Crippen molar-refractivity contribution in [1.82, 2.24) is 15.0 Å². The number of nitrogens with two attached hydrogens (primary N) is 1. The van der Waals surface area contributed by atoms with E-state index in [0.29, 0.717) is 18.5 Å². The Kier molecular flexibility index (Phi) is 4.14. The van der Waals surface area contributed by atoms with Crippen LogP contribution in [-0.4, -0.2) is 39.3 Å². The summed E-state index contributed by atoms with van der Waals surface area (Å²) in [6.07, 6.45) is 2.39. The molecule has 7 heteroatoms. The Balaban J connectivity index is 1.88. The Morgan fingerprint density at radius 3 is 2.83 bits per heavy atom. The molecular weight excluding hydrogens is 234 g/mol. The number of rotatable bonds is 6. The van der Waals surface area contributed by atoms with E-state index >= 15 is 0 Å². The summed E-state index contributed by atoms with van der Waals surface area (Å²) in [4.78, 5) is 12.0. The van der Waals surface area contributed by atoms with E-state index in [1.807, 2.05) is 6.92 Å². The van der Waals surface area contributed by atoms with E-state index in [1.54, 1.807) is 0 Å². The third-order valence-corrected chi connectivity index (χ3v) is 2.83. The molecule has 0 amide bonds. The number of ether oxygens (including phenoxy) is 1. The Labute approximate surface area is 106 Å². The molecule has 0 radical (unpaired) electrons. The fourth-order valence-corrected chi connectivity index (χ4v) is 1.81. The Morgan fingerprint density at radius 1 is 1.39 bits per heavy atom. The van der Waals surface area contributed by atoms with Crippen LogP contribution in [0.15, 0.2) is 0 Å². The van der Waals surface area contributed by atoms with Crippen LogP contribution < -0.4 is 15.8 Å². The largest absolute Gasteiger partial charge is 0.463 e. The molecule has 0 unspecified atom stereocenters. The van der Waals surface area contributed by atoms with Gasteiger partial charge in [-0.3, -0.25) is 0 Å². The van der Waals surface area contributed by atoms with Gasteiger partial charge in [-0.1, -0.05) is 6.92 Å². The van der Waals surface area contributed by atoms with Crippen molar-refractivity contribution in [3.63, 3.8) is 0 Å². The van der Waals surface area contributed by atoms with Crippen LogP contribution in [0.25, 0.3) is 0 Å². The minimum absolute atomic E-state index is 0.146. The maximum atomic E-state index is 9.19. The normalized spacial score (nSPS) is 22.3. The second-order valence-corrected chi connectivity index (χ2v) is 4.52. The van der Waals surface area contributed by atoms with Gasteiger partial charge in [-0.05, 0) is 25.2 Å². The highest BCUT2D eigenvalue weighted by molar-refractivity contribution is 5.32. The summed E-state index contributed by atoms with van der Waals surface area (Å²) in [5, 5.41) is 12.3. The predicted molar refractivity (Wildman–Crippen MR) is 67.2 cm³/mol. The number of nitrogens with one attached hydrogen (secondary N) is 1. The topological polar surface area (TPSA) is 106 Å². The van der Waals surface area contributed by atoms with E-state index in [0.717, 1.165) is 25.8 Å². The maximum absolute atomic E-state index is 9.19. The lowest BCUT2D eigenvalue weighted by Gasteiger charge is -2.31. The molecule has 1 fully saturated rings. The molecule has 1 aliphatic rings. The van der Waals surface area contributed by atoms with E-state index in [1.165, 1.54) is 0 Å². The minimum atomic E-state index is -0.149. The number of aliphatic hydroxyl groups is 1. The molecule has 0 atom stereocenters. The molecule has 1 aromatic rings. The lowest BCUT2D eigenvalue weighted by molar-refractivity contribution is 0.0486. The number of nitrogen functional groups attached to an aromatic ring is 1. The van der Waals surface area contributed by atoms with Crippen molar-refractivity contribution in [3.8, 4) is 6.01 Å². The summed E-state index contributed by atoms with van der Waals surface area (Å²) in [7, 11) is 0. The molecule has 0 aromatic carbocycles. The van der Waals surface area contributed by atoms with Crippen molar-refractivity contribution in [2.75, 3.05) is 24.2 Å². The van der Waals surface area contributed by atoms with Gasteiger partial charge in [0, 0.05) is 6.54 Å². The van der Waals surface area contributed by atoms with Crippen molar-refractivity contribution in [2.45, 2.75) is 32.3 Å². The zero-order valence-corrected chi connectivity index (χ0v) is 10.5. The first-order valence-corrected chi connectivity index (χ1v) is 6.23. The third-order valence-electron chi connectivity index (χ3n) is 2.83. The van der Waals surface area contributed by atoms with Crippen molar-refractivity contribution in [3.05, 3.63) is 0 Å². The van der Waals surface area contributed by atoms with Gasteiger partial charge in [-0.25, -0.2) is 0 Å². The number of nitrogens with zero attached hydrogens (tertiary/aromatic N) is 3. The first kappa shape index (κ1) is 12.8. The van der Waals surface area contributed by atoms with Gasteiger partial charge in [0.05, 0.1) is 12.7 Å². The van der Waals surface area contributed by atoms with E-state index in [9.17, 15) is 5.11 Å². The Hall–Kier alpha value is -1.63. The molecule has 0 saturated heterocycles. The van der Waals surface area contributed by atoms with Crippen LogP contribution in [-0.2, 0) is 0 Å². The fraction of sp³-hybridized carbons (Fsp3) is 0.727. The number of anilines is 2. The van der Waals surface area contributed by atoms with Crippen LogP contribution in [0, 0.1) is 5.92 Å². The lowest BCUT2D eigenvalue weighted by atomic mass is 9.82. The van der Waals surface area contributed by atoms with Crippen LogP contribution in [0.1, 0.15) is 26.2 Å². The van der Waals surface area contributed by atoms with Crippen LogP contribution in [0.5, 0.6) is 6.01 Å². The highest BCUT2D eigenvalue weighted by atomic mass is 16.5. The number of aromatic nitrogens is 3. The quantitative estimate of drug-likeness (QED) is 0.674. The first-order chi connectivity index (χ1) is 8.67. The molecule has 1 aromatic heterocycles. The van der Waals surface area contributed by atoms with Crippen LogP contribution in [0.3, 0.4) is 0 Å². The minimum Gasteiger partial charge on any atom is -0.463 e. The van der Waals surface area contributed by atoms with Gasteiger partial charge >= 0.3 is 6.01 Å². The van der Waals surface area contributed by atoms with Gasteiger partial charge in [0.15, 0.2) is 0 Å². The molecule has 4 N–H and O–H groups in total. The first-order valence-electron chi connectivity index (χ1n) is 6.23. The standard InChI is InChI=1S/C11H19N5O2/c1-2-3-18-11-15-9(12)14-10(16-11)13-6-7-4-8(17)5-7/h7-8,17H,2-6H2,1H3,(H3,12,13,14,15,16). The van der Waals surface area contributed by atoms with Gasteiger partial charge in [0.1, 0.15) is 0 Å². The highest BCUT2D eigenvalue weighted by Gasteiger charge is 2.26. The molecule has 2 rings (SSSR count). The summed E-state index contributed by atoms with van der Waals surface area (Å²) in [6, 6.07) is 0.250. The van der Waals surface area contributed by atoms with Gasteiger partial charge in [0.25, 0.3) is 0 Å². The SMILES string of the molecule is CCCOc1nc(N)nc(NCC2CC(O)C2)n1. The van der Waals surface area contributed by atoms with Gasteiger partial charge in [-0.2, -0.15) is 15.0 Å². The molecule has 18 heavy (non-hydrogen) atoms. The Bertz CT molecular complexity index is 395. The number of hydrogen-bond acceptors (Lipinski definition) is 7. The molecule has 0 spiro atoms. The lowest BCUT2D eigenvalue weighted by Crippen LogP contribution is -2.33. The smallest absolute Gasteiger partial charge is 0.323 e. The second kappa shape index (κ2) is 5.81. The molecule has 0 bridgehead atoms. The fourth-order valence-electron chi connectivity index (χ4n) is 1.81. The molecule has 1 saturated carbocycles. The van der Waals surface area contributed by atoms with Crippen LogP contribution in [0.2, 0.25) is 0 Å². The second-order valence-electron chi connectivity index (χ2n) is 4.52. The molecule has 7 nitrogen and oxygen atoms in total.